The number of hydrogen-bond acceptors (Lipinski definition) is 2. The van der Waals surface area contributed by atoms with Gasteiger partial charge >= 0.3 is 6.09 Å². The number of benzene rings is 2. The Morgan fingerprint density at radius 1 is 0.967 bits per heavy atom. The summed E-state index contributed by atoms with van der Waals surface area (Å²) in [5.74, 6) is 3.56. The van der Waals surface area contributed by atoms with Gasteiger partial charge in [0.05, 0.1) is 0 Å². The van der Waals surface area contributed by atoms with Crippen LogP contribution in [-0.4, -0.2) is 19.8 Å². The molecule has 30 heavy (non-hydrogen) atoms. The molecule has 0 spiro atoms. The van der Waals surface area contributed by atoms with Crippen LogP contribution in [0.5, 0.6) is 0 Å². The van der Waals surface area contributed by atoms with Crippen molar-refractivity contribution in [1.82, 2.24) is 0 Å². The average Bonchev–Trinajstić information content (AvgIpc) is 2.59. The maximum Gasteiger partial charge on any atom is 0.412 e. The van der Waals surface area contributed by atoms with E-state index in [0.29, 0.717) is 16.6 Å². The van der Waals surface area contributed by atoms with Gasteiger partial charge in [-0.3, -0.25) is 5.32 Å². The van der Waals surface area contributed by atoms with Crippen LogP contribution in [0.4, 0.5) is 10.5 Å². The number of anilines is 1. The molecule has 2 aromatic rings. The summed E-state index contributed by atoms with van der Waals surface area (Å²) in [5.41, 5.74) is 6.86. The van der Waals surface area contributed by atoms with Gasteiger partial charge in [0.25, 0.3) is 0 Å². The van der Waals surface area contributed by atoms with Gasteiger partial charge in [-0.2, -0.15) is 0 Å². The molecule has 0 atom stereocenters. The summed E-state index contributed by atoms with van der Waals surface area (Å²) in [6.45, 7) is 19.6. The fraction of sp³-hybridized carbons (Fsp3) is 0.500. The van der Waals surface area contributed by atoms with E-state index in [9.17, 15) is 4.79 Å². The lowest BCUT2D eigenvalue weighted by molar-refractivity contribution is 0.0636. The van der Waals surface area contributed by atoms with E-state index in [1.165, 1.54) is 0 Å². The zero-order chi connectivity index (χ0) is 22.7. The molecule has 0 fully saturated rings. The molecule has 0 aliphatic carbocycles. The molecule has 1 amide bonds. The molecule has 0 aliphatic heterocycles. The van der Waals surface area contributed by atoms with Crippen molar-refractivity contribution in [3.63, 3.8) is 0 Å². The predicted octanol–water partition coefficient (Wildman–Crippen LogP) is 7.76. The fourth-order valence-corrected chi connectivity index (χ4v) is 9.72. The Morgan fingerprint density at radius 2 is 1.57 bits per heavy atom. The standard InChI is InChI=1S/C26H37NO2Si/c1-18(2)30(19(3)4,20(5)6)16-15-21-11-10-12-22-17-23(13-14-24(21)22)27-25(28)29-26(7,8)9/h10-14,17-20H,1-9H3,(H,27,28). The number of carbonyl (C=O) groups is 1. The molecule has 0 heterocycles. The predicted molar refractivity (Wildman–Crippen MR) is 132 cm³/mol. The van der Waals surface area contributed by atoms with E-state index in [0.717, 1.165) is 22.0 Å². The van der Waals surface area contributed by atoms with Gasteiger partial charge in [-0.25, -0.2) is 4.79 Å². The van der Waals surface area contributed by atoms with Crippen LogP contribution in [0.25, 0.3) is 10.8 Å². The highest BCUT2D eigenvalue weighted by Gasteiger charge is 2.41. The first-order chi connectivity index (χ1) is 13.9. The molecule has 0 radical (unpaired) electrons. The molecular formula is C26H37NO2Si. The van der Waals surface area contributed by atoms with E-state index in [1.807, 2.05) is 45.0 Å². The second-order valence-corrected chi connectivity index (χ2v) is 15.6. The van der Waals surface area contributed by atoms with Crippen molar-refractivity contribution in [3.8, 4) is 11.5 Å². The highest BCUT2D eigenvalue weighted by molar-refractivity contribution is 6.90. The molecule has 0 aromatic heterocycles. The molecule has 0 saturated carbocycles. The summed E-state index contributed by atoms with van der Waals surface area (Å²) in [6, 6.07) is 12.1. The van der Waals surface area contributed by atoms with E-state index in [4.69, 9.17) is 4.74 Å². The molecule has 0 saturated heterocycles. The van der Waals surface area contributed by atoms with E-state index in [2.05, 4.69) is 70.5 Å². The number of hydrogen-bond donors (Lipinski definition) is 1. The first kappa shape index (κ1) is 24.0. The van der Waals surface area contributed by atoms with Crippen LogP contribution in [0, 0.1) is 11.5 Å². The molecule has 1 N–H and O–H groups in total. The fourth-order valence-electron chi connectivity index (χ4n) is 4.50. The van der Waals surface area contributed by atoms with Crippen molar-refractivity contribution in [2.24, 2.45) is 0 Å². The maximum absolute atomic E-state index is 12.1. The monoisotopic (exact) mass is 423 g/mol. The highest BCUT2D eigenvalue weighted by Crippen LogP contribution is 2.40. The Hall–Kier alpha value is -2.25. The molecule has 0 bridgehead atoms. The highest BCUT2D eigenvalue weighted by atomic mass is 28.3. The van der Waals surface area contributed by atoms with Crippen molar-refractivity contribution in [1.29, 1.82) is 0 Å². The quantitative estimate of drug-likeness (QED) is 0.403. The molecule has 162 valence electrons. The second-order valence-electron chi connectivity index (χ2n) is 10.0. The first-order valence-corrected chi connectivity index (χ1v) is 13.2. The van der Waals surface area contributed by atoms with Gasteiger partial charge in [-0.1, -0.05) is 65.7 Å². The zero-order valence-electron chi connectivity index (χ0n) is 20.0. The Bertz CT molecular complexity index is 937. The molecular weight excluding hydrogens is 386 g/mol. The SMILES string of the molecule is CC(C)[Si](C#Cc1cccc2cc(NC(=O)OC(C)(C)C)ccc12)(C(C)C)C(C)C. The van der Waals surface area contributed by atoms with Gasteiger partial charge in [0.2, 0.25) is 0 Å². The second kappa shape index (κ2) is 9.26. The molecule has 4 heteroatoms. The minimum atomic E-state index is -1.79. The third-order valence-electron chi connectivity index (χ3n) is 5.81. The molecule has 2 rings (SSSR count). The third kappa shape index (κ3) is 5.46. The average molecular weight is 424 g/mol. The lowest BCUT2D eigenvalue weighted by Gasteiger charge is -2.38. The van der Waals surface area contributed by atoms with Crippen LogP contribution < -0.4 is 5.32 Å². The minimum absolute atomic E-state index is 0.445. The Kier molecular flexibility index (Phi) is 7.42. The summed E-state index contributed by atoms with van der Waals surface area (Å²) >= 11 is 0. The lowest BCUT2D eigenvalue weighted by Crippen LogP contribution is -2.43. The van der Waals surface area contributed by atoms with Crippen molar-refractivity contribution in [3.05, 3.63) is 42.0 Å². The van der Waals surface area contributed by atoms with Crippen LogP contribution in [0.3, 0.4) is 0 Å². The summed E-state index contributed by atoms with van der Waals surface area (Å²) in [7, 11) is -1.79. The van der Waals surface area contributed by atoms with E-state index in [1.54, 1.807) is 0 Å². The Balaban J connectivity index is 2.42. The van der Waals surface area contributed by atoms with Crippen LogP contribution in [-0.2, 0) is 4.74 Å². The number of amides is 1. The molecule has 2 aromatic carbocycles. The smallest absolute Gasteiger partial charge is 0.412 e. The van der Waals surface area contributed by atoms with Crippen LogP contribution in [0.1, 0.15) is 67.9 Å². The van der Waals surface area contributed by atoms with E-state index < -0.39 is 19.8 Å². The first-order valence-electron chi connectivity index (χ1n) is 10.9. The van der Waals surface area contributed by atoms with Crippen molar-refractivity contribution in [2.75, 3.05) is 5.32 Å². The Morgan fingerprint density at radius 3 is 2.10 bits per heavy atom. The largest absolute Gasteiger partial charge is 0.444 e. The number of carbonyl (C=O) groups excluding carboxylic acids is 1. The van der Waals surface area contributed by atoms with E-state index in [-0.39, 0.29) is 0 Å². The van der Waals surface area contributed by atoms with Gasteiger partial charge in [0.15, 0.2) is 0 Å². The topological polar surface area (TPSA) is 38.3 Å². The van der Waals surface area contributed by atoms with Crippen molar-refractivity contribution < 1.29 is 9.53 Å². The summed E-state index contributed by atoms with van der Waals surface area (Å²) in [5, 5.41) is 4.99. The minimum Gasteiger partial charge on any atom is -0.444 e. The van der Waals surface area contributed by atoms with Crippen molar-refractivity contribution in [2.45, 2.75) is 84.5 Å². The zero-order valence-corrected chi connectivity index (χ0v) is 21.0. The third-order valence-corrected chi connectivity index (χ3v) is 12.1. The van der Waals surface area contributed by atoms with Gasteiger partial charge in [-0.15, -0.1) is 5.54 Å². The van der Waals surface area contributed by atoms with Crippen LogP contribution in [0.15, 0.2) is 36.4 Å². The number of ether oxygens (including phenoxy) is 1. The maximum atomic E-state index is 12.1. The van der Waals surface area contributed by atoms with Crippen LogP contribution >= 0.6 is 0 Å². The summed E-state index contributed by atoms with van der Waals surface area (Å²) in [6.07, 6.45) is -0.445. The Labute approximate surface area is 183 Å². The lowest BCUT2D eigenvalue weighted by atomic mass is 10.0. The van der Waals surface area contributed by atoms with Gasteiger partial charge < -0.3 is 4.74 Å². The van der Waals surface area contributed by atoms with Gasteiger partial charge in [-0.05, 0) is 66.4 Å². The molecule has 0 unspecified atom stereocenters. The number of nitrogens with one attached hydrogen (secondary N) is 1. The van der Waals surface area contributed by atoms with E-state index >= 15 is 0 Å². The normalized spacial score (nSPS) is 12.3. The molecule has 3 nitrogen and oxygen atoms in total. The number of fused-ring (bicyclic) bond motifs is 1. The molecule has 0 aliphatic rings. The number of rotatable bonds is 4. The summed E-state index contributed by atoms with van der Waals surface area (Å²) < 4.78 is 5.35. The van der Waals surface area contributed by atoms with Crippen LogP contribution in [0.2, 0.25) is 16.6 Å². The summed E-state index contributed by atoms with van der Waals surface area (Å²) in [4.78, 5) is 12.1. The van der Waals surface area contributed by atoms with Gasteiger partial charge in [0.1, 0.15) is 13.7 Å². The van der Waals surface area contributed by atoms with Gasteiger partial charge in [0, 0.05) is 11.3 Å². The van der Waals surface area contributed by atoms with Crippen molar-refractivity contribution >= 4 is 30.6 Å².